The lowest BCUT2D eigenvalue weighted by atomic mass is 9.86. The molecule has 1 aromatic carbocycles. The van der Waals surface area contributed by atoms with Gasteiger partial charge in [0.1, 0.15) is 11.5 Å². The predicted molar refractivity (Wildman–Crippen MR) is 118 cm³/mol. The number of nitriles is 1. The minimum absolute atomic E-state index is 0.0603. The number of dihydropyridines is 1. The van der Waals surface area contributed by atoms with Crippen LogP contribution in [0.25, 0.3) is 0 Å². The van der Waals surface area contributed by atoms with Gasteiger partial charge in [0, 0.05) is 11.4 Å². The fraction of sp³-hybridized carbons (Fsp3) is 0.227. The predicted octanol–water partition coefficient (Wildman–Crippen LogP) is 3.23. The van der Waals surface area contributed by atoms with Crippen molar-refractivity contribution in [1.29, 1.82) is 5.26 Å². The zero-order valence-corrected chi connectivity index (χ0v) is 17.9. The highest BCUT2D eigenvalue weighted by molar-refractivity contribution is 8.03. The molecule has 1 atom stereocenters. The van der Waals surface area contributed by atoms with Gasteiger partial charge >= 0.3 is 0 Å². The molecule has 2 amide bonds. The molecule has 0 aliphatic carbocycles. The van der Waals surface area contributed by atoms with Crippen LogP contribution in [-0.2, 0) is 9.59 Å². The van der Waals surface area contributed by atoms with Crippen LogP contribution in [0.1, 0.15) is 25.5 Å². The second-order valence-electron chi connectivity index (χ2n) is 6.63. The number of anilines is 1. The highest BCUT2D eigenvalue weighted by Crippen LogP contribution is 2.40. The first-order valence-corrected chi connectivity index (χ1v) is 10.5. The van der Waals surface area contributed by atoms with Gasteiger partial charge in [-0.25, -0.2) is 0 Å². The van der Waals surface area contributed by atoms with E-state index in [1.165, 1.54) is 18.0 Å². The summed E-state index contributed by atoms with van der Waals surface area (Å²) in [5.74, 6) is -0.389. The Morgan fingerprint density at radius 3 is 2.65 bits per heavy atom. The number of primary amides is 1. The number of carbonyl (C=O) groups is 2. The van der Waals surface area contributed by atoms with E-state index in [9.17, 15) is 14.9 Å². The summed E-state index contributed by atoms with van der Waals surface area (Å²) < 4.78 is 10.8. The van der Waals surface area contributed by atoms with Crippen molar-refractivity contribution in [1.82, 2.24) is 5.32 Å². The van der Waals surface area contributed by atoms with Crippen LogP contribution in [0.15, 0.2) is 69.0 Å². The number of amides is 2. The largest absolute Gasteiger partial charge is 0.494 e. The van der Waals surface area contributed by atoms with E-state index in [4.69, 9.17) is 14.9 Å². The lowest BCUT2D eigenvalue weighted by molar-refractivity contribution is -0.115. The fourth-order valence-corrected chi connectivity index (χ4v) is 4.12. The van der Waals surface area contributed by atoms with Crippen molar-refractivity contribution >= 4 is 29.3 Å². The molecule has 31 heavy (non-hydrogen) atoms. The number of thioether (sulfide) groups is 1. The van der Waals surface area contributed by atoms with Crippen molar-refractivity contribution in [3.63, 3.8) is 0 Å². The highest BCUT2D eigenvalue weighted by Gasteiger charge is 2.35. The lowest BCUT2D eigenvalue weighted by Gasteiger charge is -2.27. The molecule has 0 fully saturated rings. The maximum Gasteiger partial charge on any atom is 0.247 e. The van der Waals surface area contributed by atoms with Crippen LogP contribution in [0.2, 0.25) is 0 Å². The smallest absolute Gasteiger partial charge is 0.247 e. The van der Waals surface area contributed by atoms with Gasteiger partial charge in [-0.05, 0) is 50.2 Å². The number of hydrogen-bond donors (Lipinski definition) is 3. The molecule has 160 valence electrons. The molecule has 9 heteroatoms. The average molecular weight is 439 g/mol. The highest BCUT2D eigenvalue weighted by atomic mass is 32.2. The Morgan fingerprint density at radius 2 is 2.06 bits per heavy atom. The second-order valence-corrected chi connectivity index (χ2v) is 7.61. The normalized spacial score (nSPS) is 15.8. The maximum absolute atomic E-state index is 12.4. The first kappa shape index (κ1) is 22.1. The minimum atomic E-state index is -0.726. The number of nitrogens with one attached hydrogen (secondary N) is 2. The molecule has 0 saturated carbocycles. The summed E-state index contributed by atoms with van der Waals surface area (Å²) in [4.78, 5) is 24.5. The number of ether oxygens (including phenoxy) is 1. The van der Waals surface area contributed by atoms with E-state index in [-0.39, 0.29) is 22.8 Å². The van der Waals surface area contributed by atoms with Crippen LogP contribution < -0.4 is 21.1 Å². The molecule has 1 aliphatic rings. The van der Waals surface area contributed by atoms with Crippen LogP contribution in [0.3, 0.4) is 0 Å². The molecule has 2 aromatic rings. The van der Waals surface area contributed by atoms with Crippen molar-refractivity contribution < 1.29 is 18.7 Å². The summed E-state index contributed by atoms with van der Waals surface area (Å²) in [5.41, 5.74) is 7.25. The van der Waals surface area contributed by atoms with Crippen LogP contribution >= 0.6 is 11.8 Å². The molecule has 0 spiro atoms. The summed E-state index contributed by atoms with van der Waals surface area (Å²) in [6.07, 6.45) is 1.47. The number of furan rings is 1. The Bertz CT molecular complexity index is 1070. The summed E-state index contributed by atoms with van der Waals surface area (Å²) in [7, 11) is 0. The number of rotatable bonds is 8. The molecule has 1 aliphatic heterocycles. The van der Waals surface area contributed by atoms with Gasteiger partial charge in [-0.3, -0.25) is 9.59 Å². The molecular weight excluding hydrogens is 416 g/mol. The molecule has 2 heterocycles. The molecule has 1 aromatic heterocycles. The monoisotopic (exact) mass is 438 g/mol. The number of benzene rings is 1. The molecule has 0 unspecified atom stereocenters. The van der Waals surface area contributed by atoms with Crippen molar-refractivity contribution in [2.45, 2.75) is 19.8 Å². The van der Waals surface area contributed by atoms with Crippen molar-refractivity contribution in [3.05, 3.63) is 70.3 Å². The Kier molecular flexibility index (Phi) is 7.05. The van der Waals surface area contributed by atoms with Crippen LogP contribution in [0.5, 0.6) is 5.75 Å². The summed E-state index contributed by atoms with van der Waals surface area (Å²) in [6.45, 7) is 4.16. The molecule has 0 radical (unpaired) electrons. The van der Waals surface area contributed by atoms with Gasteiger partial charge in [-0.15, -0.1) is 0 Å². The molecule has 0 bridgehead atoms. The SMILES string of the molecule is CCOc1ccc(NC(=O)CSC2=C(C#N)[C@H](c3ccco3)C(C(N)=O)=C(C)N2)cc1. The number of hydrogen-bond acceptors (Lipinski definition) is 7. The summed E-state index contributed by atoms with van der Waals surface area (Å²) >= 11 is 1.17. The number of nitrogens with zero attached hydrogens (tertiary/aromatic N) is 1. The molecule has 4 N–H and O–H groups in total. The van der Waals surface area contributed by atoms with Gasteiger partial charge in [0.05, 0.1) is 46.8 Å². The van der Waals surface area contributed by atoms with Crippen molar-refractivity contribution in [2.75, 3.05) is 17.7 Å². The zero-order chi connectivity index (χ0) is 22.4. The van der Waals surface area contributed by atoms with Gasteiger partial charge in [-0.1, -0.05) is 11.8 Å². The van der Waals surface area contributed by atoms with Crippen LogP contribution in [0, 0.1) is 11.3 Å². The standard InChI is InChI=1S/C22H22N4O4S/c1-3-29-15-8-6-14(7-9-15)26-18(27)12-31-22-16(11-23)20(17-5-4-10-30-17)19(21(24)28)13(2)25-22/h4-10,20,25H,3,12H2,1-2H3,(H2,24,28)(H,26,27)/t20-/m1/s1. The fourth-order valence-electron chi connectivity index (χ4n) is 3.23. The van der Waals surface area contributed by atoms with Crippen LogP contribution in [-0.4, -0.2) is 24.2 Å². The third kappa shape index (κ3) is 5.10. The topological polar surface area (TPSA) is 130 Å². The second kappa shape index (κ2) is 9.91. The van der Waals surface area contributed by atoms with E-state index in [2.05, 4.69) is 16.7 Å². The first-order chi connectivity index (χ1) is 14.9. The molecule has 8 nitrogen and oxygen atoms in total. The number of nitrogens with two attached hydrogens (primary N) is 1. The van der Waals surface area contributed by atoms with E-state index >= 15 is 0 Å². The number of allylic oxidation sites excluding steroid dienone is 2. The summed E-state index contributed by atoms with van der Waals surface area (Å²) in [6, 6.07) is 12.6. The van der Waals surface area contributed by atoms with Crippen molar-refractivity contribution in [3.8, 4) is 11.8 Å². The van der Waals surface area contributed by atoms with E-state index in [1.807, 2.05) is 6.92 Å². The third-order valence-electron chi connectivity index (χ3n) is 4.54. The minimum Gasteiger partial charge on any atom is -0.494 e. The quantitative estimate of drug-likeness (QED) is 0.577. The Balaban J connectivity index is 1.75. The molecular formula is C22H22N4O4S. The van der Waals surface area contributed by atoms with Gasteiger partial charge in [0.25, 0.3) is 0 Å². The van der Waals surface area contributed by atoms with E-state index < -0.39 is 11.8 Å². The Labute approximate surface area is 184 Å². The number of carbonyl (C=O) groups excluding carboxylic acids is 2. The van der Waals surface area contributed by atoms with Crippen molar-refractivity contribution in [2.24, 2.45) is 5.73 Å². The van der Waals surface area contributed by atoms with E-state index in [0.717, 1.165) is 5.75 Å². The third-order valence-corrected chi connectivity index (χ3v) is 5.55. The van der Waals surface area contributed by atoms with Gasteiger partial charge < -0.3 is 25.5 Å². The maximum atomic E-state index is 12.4. The average Bonchev–Trinajstić information content (AvgIpc) is 3.27. The van der Waals surface area contributed by atoms with Gasteiger partial charge in [0.15, 0.2) is 0 Å². The molecule has 3 rings (SSSR count). The Hall–Kier alpha value is -3.64. The van der Waals surface area contributed by atoms with Gasteiger partial charge in [-0.2, -0.15) is 5.26 Å². The molecule has 0 saturated heterocycles. The van der Waals surface area contributed by atoms with E-state index in [1.54, 1.807) is 43.3 Å². The summed E-state index contributed by atoms with van der Waals surface area (Å²) in [5, 5.41) is 16.1. The van der Waals surface area contributed by atoms with E-state index in [0.29, 0.717) is 28.8 Å². The zero-order valence-electron chi connectivity index (χ0n) is 17.1. The lowest BCUT2D eigenvalue weighted by Crippen LogP contribution is -2.31. The first-order valence-electron chi connectivity index (χ1n) is 9.55. The van der Waals surface area contributed by atoms with Crippen LogP contribution in [0.4, 0.5) is 5.69 Å². The Morgan fingerprint density at radius 1 is 1.32 bits per heavy atom. The van der Waals surface area contributed by atoms with Gasteiger partial charge in [0.2, 0.25) is 11.8 Å².